The highest BCUT2D eigenvalue weighted by Gasteiger charge is 2.82. The molecule has 0 spiro atoms. The second-order valence-corrected chi connectivity index (χ2v) is 12.6. The van der Waals surface area contributed by atoms with E-state index in [1.807, 2.05) is 0 Å². The Balaban J connectivity index is 1.69. The van der Waals surface area contributed by atoms with Gasteiger partial charge in [-0.15, -0.1) is 0 Å². The van der Waals surface area contributed by atoms with Gasteiger partial charge < -0.3 is 9.64 Å². The second kappa shape index (κ2) is 11.6. The fraction of sp³-hybridized carbons (Fsp3) is 0.875. The maximum Gasteiger partial charge on any atom is 0.460 e. The van der Waals surface area contributed by atoms with Crippen LogP contribution in [0.1, 0.15) is 44.9 Å². The quantitative estimate of drug-likeness (QED) is 0.199. The zero-order valence-corrected chi connectivity index (χ0v) is 24.2. The highest BCUT2D eigenvalue weighted by atomic mass is 35.5. The molecule has 4 fully saturated rings. The summed E-state index contributed by atoms with van der Waals surface area (Å²) in [4.78, 5) is 10.7. The summed E-state index contributed by atoms with van der Waals surface area (Å²) in [5.41, 5.74) is -1.40. The minimum Gasteiger partial charge on any atom is -0.457 e. The summed E-state index contributed by atoms with van der Waals surface area (Å²) in [6.45, 7) is -4.49. The van der Waals surface area contributed by atoms with Crippen LogP contribution in [0.5, 0.6) is 6.01 Å². The van der Waals surface area contributed by atoms with Crippen LogP contribution >= 0.6 is 11.6 Å². The molecule has 0 radical (unpaired) electrons. The minimum absolute atomic E-state index is 0.0665. The third-order valence-corrected chi connectivity index (χ3v) is 9.02. The Morgan fingerprint density at radius 2 is 1.02 bits per heavy atom. The molecule has 4 aliphatic carbocycles. The molecule has 1 aromatic rings. The van der Waals surface area contributed by atoms with E-state index in [1.54, 1.807) is 0 Å². The van der Waals surface area contributed by atoms with E-state index in [9.17, 15) is 79.0 Å². The van der Waals surface area contributed by atoms with E-state index < -0.39 is 90.2 Å². The number of halogens is 19. The van der Waals surface area contributed by atoms with E-state index in [1.165, 1.54) is 0 Å². The van der Waals surface area contributed by atoms with E-state index >= 15 is 0 Å². The van der Waals surface area contributed by atoms with Crippen LogP contribution in [0.2, 0.25) is 5.28 Å². The average molecular weight is 759 g/mol. The summed E-state index contributed by atoms with van der Waals surface area (Å²) in [6, 6.07) is -1.59. The lowest BCUT2D eigenvalue weighted by Gasteiger charge is -2.60. The molecule has 5 rings (SSSR count). The summed E-state index contributed by atoms with van der Waals surface area (Å²) in [5.74, 6) is -42.5. The number of alkyl halides is 18. The molecule has 24 heteroatoms. The Hall–Kier alpha value is -2.36. The first-order chi connectivity index (χ1) is 21.4. The van der Waals surface area contributed by atoms with Crippen molar-refractivity contribution in [2.75, 3.05) is 18.1 Å². The Labute approximate surface area is 262 Å². The molecule has 0 atom stereocenters. The van der Waals surface area contributed by atoms with Gasteiger partial charge in [0, 0.05) is 18.5 Å². The number of hydrogen-bond donors (Lipinski definition) is 0. The molecule has 48 heavy (non-hydrogen) atoms. The van der Waals surface area contributed by atoms with E-state index in [2.05, 4.69) is 19.7 Å². The van der Waals surface area contributed by atoms with Gasteiger partial charge in [0.05, 0.1) is 0 Å². The molecule has 0 unspecified atom stereocenters. The number of anilines is 1. The van der Waals surface area contributed by atoms with Crippen molar-refractivity contribution in [1.29, 1.82) is 0 Å². The number of ether oxygens (including phenoxy) is 1. The van der Waals surface area contributed by atoms with Gasteiger partial charge in [-0.25, -0.2) is 0 Å². The summed E-state index contributed by atoms with van der Waals surface area (Å²) < 4.78 is 246. The molecular weight excluding hydrogens is 738 g/mol. The fourth-order valence-corrected chi connectivity index (χ4v) is 7.07. The highest BCUT2D eigenvalue weighted by Crippen LogP contribution is 2.59. The predicted molar refractivity (Wildman–Crippen MR) is 125 cm³/mol. The third kappa shape index (κ3) is 6.25. The lowest BCUT2D eigenvalue weighted by Crippen LogP contribution is -2.63. The minimum atomic E-state index is -7.29. The molecule has 276 valence electrons. The van der Waals surface area contributed by atoms with Crippen LogP contribution in [0.15, 0.2) is 0 Å². The maximum atomic E-state index is 14.6. The molecule has 4 aliphatic rings. The standard InChI is InChI=1S/C24H21ClF18N4O/c25-13-44-14(46-15(45-13)48-9-18(28,29)20(32,33)22(36,37)24(41,42)43)47(16-6-10-3-11(7-16)5-12(4-10)8-16)2-1-17(26,27)19(30,31)21(34,35)23(38,39)40/h10-12H,1-9H2. The van der Waals surface area contributed by atoms with Crippen molar-refractivity contribution in [3.63, 3.8) is 0 Å². The lowest BCUT2D eigenvalue weighted by atomic mass is 9.52. The summed E-state index contributed by atoms with van der Waals surface area (Å²) in [6.07, 6.45) is -14.7. The molecule has 0 amide bonds. The van der Waals surface area contributed by atoms with Gasteiger partial charge in [-0.1, -0.05) is 0 Å². The first-order valence-electron chi connectivity index (χ1n) is 13.6. The summed E-state index contributed by atoms with van der Waals surface area (Å²) >= 11 is 5.68. The van der Waals surface area contributed by atoms with Crippen LogP contribution in [0.4, 0.5) is 85.0 Å². The number of nitrogens with zero attached hydrogens (tertiary/aromatic N) is 4. The topological polar surface area (TPSA) is 51.1 Å². The molecule has 0 aliphatic heterocycles. The SMILES string of the molecule is FC(F)(F)C(F)(F)C(F)(F)C(F)(F)CCN(c1nc(Cl)nc(OCC(F)(F)C(F)(F)C(F)(F)C(F)(F)F)n1)C12CC3CC(CC(C3)C1)C2. The Morgan fingerprint density at radius 1 is 0.604 bits per heavy atom. The van der Waals surface area contributed by atoms with E-state index in [0.29, 0.717) is 24.2 Å². The molecule has 4 bridgehead atoms. The van der Waals surface area contributed by atoms with Crippen LogP contribution < -0.4 is 9.64 Å². The van der Waals surface area contributed by atoms with Gasteiger partial charge in [0.25, 0.3) is 0 Å². The van der Waals surface area contributed by atoms with E-state index in [-0.39, 0.29) is 37.0 Å². The van der Waals surface area contributed by atoms with Crippen molar-refractivity contribution < 1.29 is 83.8 Å². The average Bonchev–Trinajstić information content (AvgIpc) is 2.89. The van der Waals surface area contributed by atoms with Gasteiger partial charge in [0.2, 0.25) is 11.2 Å². The number of rotatable bonds is 12. The summed E-state index contributed by atoms with van der Waals surface area (Å²) in [5, 5.41) is -1.14. The fourth-order valence-electron chi connectivity index (χ4n) is 6.92. The van der Waals surface area contributed by atoms with Crippen molar-refractivity contribution in [2.24, 2.45) is 17.8 Å². The zero-order valence-electron chi connectivity index (χ0n) is 23.5. The van der Waals surface area contributed by atoms with Crippen LogP contribution in [-0.4, -0.2) is 81.5 Å². The van der Waals surface area contributed by atoms with Gasteiger partial charge in [-0.05, 0) is 67.9 Å². The van der Waals surface area contributed by atoms with Crippen molar-refractivity contribution in [1.82, 2.24) is 15.0 Å². The normalized spacial score (nSPS) is 25.9. The Morgan fingerprint density at radius 3 is 1.44 bits per heavy atom. The second-order valence-electron chi connectivity index (χ2n) is 12.2. The van der Waals surface area contributed by atoms with Gasteiger partial charge in [-0.2, -0.15) is 94.0 Å². The maximum absolute atomic E-state index is 14.6. The largest absolute Gasteiger partial charge is 0.460 e. The molecule has 0 saturated heterocycles. The predicted octanol–water partition coefficient (Wildman–Crippen LogP) is 9.01. The van der Waals surface area contributed by atoms with Gasteiger partial charge in [0.15, 0.2) is 6.61 Å². The first kappa shape index (κ1) is 38.4. The van der Waals surface area contributed by atoms with Crippen LogP contribution in [0.3, 0.4) is 0 Å². The molecule has 1 heterocycles. The Bertz CT molecular complexity index is 1320. The highest BCUT2D eigenvalue weighted by molar-refractivity contribution is 6.28. The van der Waals surface area contributed by atoms with E-state index in [4.69, 9.17) is 11.6 Å². The van der Waals surface area contributed by atoms with Crippen molar-refractivity contribution in [3.05, 3.63) is 5.28 Å². The van der Waals surface area contributed by atoms with Crippen molar-refractivity contribution in [3.8, 4) is 6.01 Å². The monoisotopic (exact) mass is 758 g/mol. The van der Waals surface area contributed by atoms with Crippen LogP contribution in [0.25, 0.3) is 0 Å². The first-order valence-corrected chi connectivity index (χ1v) is 14.0. The van der Waals surface area contributed by atoms with Crippen molar-refractivity contribution in [2.45, 2.75) is 98.4 Å². The number of aromatic nitrogens is 3. The zero-order chi connectivity index (χ0) is 36.7. The Kier molecular flexibility index (Phi) is 9.28. The number of hydrogen-bond acceptors (Lipinski definition) is 5. The molecule has 0 aromatic carbocycles. The smallest absolute Gasteiger partial charge is 0.457 e. The molecule has 5 nitrogen and oxygen atoms in total. The van der Waals surface area contributed by atoms with Gasteiger partial charge >= 0.3 is 53.9 Å². The van der Waals surface area contributed by atoms with E-state index in [0.717, 1.165) is 0 Å². The van der Waals surface area contributed by atoms with Gasteiger partial charge in [0.1, 0.15) is 0 Å². The third-order valence-electron chi connectivity index (χ3n) is 8.85. The molecular formula is C24H21ClF18N4O. The van der Waals surface area contributed by atoms with Gasteiger partial charge in [-0.3, -0.25) is 0 Å². The molecule has 4 saturated carbocycles. The molecule has 0 N–H and O–H groups in total. The summed E-state index contributed by atoms with van der Waals surface area (Å²) in [7, 11) is 0. The lowest BCUT2D eigenvalue weighted by molar-refractivity contribution is -0.398. The van der Waals surface area contributed by atoms with Crippen LogP contribution in [-0.2, 0) is 0 Å². The molecule has 1 aromatic heterocycles. The van der Waals surface area contributed by atoms with Crippen molar-refractivity contribution >= 4 is 17.5 Å². The van der Waals surface area contributed by atoms with Crippen LogP contribution in [0, 0.1) is 17.8 Å².